The number of rotatable bonds is 3. The summed E-state index contributed by atoms with van der Waals surface area (Å²) in [5, 5.41) is 2.96. The van der Waals surface area contributed by atoms with Crippen molar-refractivity contribution in [2.75, 3.05) is 31.6 Å². The van der Waals surface area contributed by atoms with Crippen molar-refractivity contribution in [3.63, 3.8) is 0 Å². The fourth-order valence-corrected chi connectivity index (χ4v) is 4.23. The molecule has 1 fully saturated rings. The van der Waals surface area contributed by atoms with Gasteiger partial charge in [-0.1, -0.05) is 42.5 Å². The zero-order chi connectivity index (χ0) is 21.4. The average Bonchev–Trinajstić information content (AvgIpc) is 3.33. The number of fused-ring (bicyclic) bond motifs is 1. The Kier molecular flexibility index (Phi) is 4.92. The van der Waals surface area contributed by atoms with E-state index in [1.165, 1.54) is 0 Å². The summed E-state index contributed by atoms with van der Waals surface area (Å²) in [6, 6.07) is 17.7. The summed E-state index contributed by atoms with van der Waals surface area (Å²) in [7, 11) is 0. The number of nitrogens with one attached hydrogen (secondary N) is 2. The molecule has 1 saturated heterocycles. The van der Waals surface area contributed by atoms with Crippen molar-refractivity contribution < 1.29 is 14.3 Å². The van der Waals surface area contributed by atoms with Crippen molar-refractivity contribution in [1.29, 1.82) is 0 Å². The number of aryl methyl sites for hydroxylation is 1. The molecule has 5 rings (SSSR count). The molecule has 0 radical (unpaired) electrons. The largest absolute Gasteiger partial charge is 0.378 e. The van der Waals surface area contributed by atoms with E-state index in [2.05, 4.69) is 10.3 Å². The average molecular weight is 413 g/mol. The van der Waals surface area contributed by atoms with Crippen molar-refractivity contribution in [3.05, 3.63) is 77.1 Å². The van der Waals surface area contributed by atoms with Crippen molar-refractivity contribution in [1.82, 2.24) is 9.88 Å². The van der Waals surface area contributed by atoms with Gasteiger partial charge in [-0.25, -0.2) is 0 Å². The van der Waals surface area contributed by atoms with E-state index in [1.54, 1.807) is 11.0 Å². The molecular formula is C25H23N3O3. The van der Waals surface area contributed by atoms with E-state index >= 15 is 0 Å². The van der Waals surface area contributed by atoms with Gasteiger partial charge in [0.1, 0.15) is 0 Å². The normalized spacial score (nSPS) is 17.0. The standard InChI is InChI=1S/C25H23N3O3/c1-16-14-19(25(30)28-10-12-31-13-11-28)22(26-16)15-20-23-18(17-6-3-2-4-7-17)8-5-9-21(23)27-24(20)29/h2-9,14-15,26H,10-13H2,1H3,(H,27,29)/b20-15-. The molecule has 0 saturated carbocycles. The van der Waals surface area contributed by atoms with Crippen LogP contribution in [0.15, 0.2) is 54.6 Å². The number of benzene rings is 2. The second-order valence-electron chi connectivity index (χ2n) is 7.79. The van der Waals surface area contributed by atoms with Crippen LogP contribution in [0.1, 0.15) is 27.3 Å². The summed E-state index contributed by atoms with van der Waals surface area (Å²) < 4.78 is 5.37. The van der Waals surface area contributed by atoms with Crippen LogP contribution in [-0.2, 0) is 9.53 Å². The highest BCUT2D eigenvalue weighted by atomic mass is 16.5. The molecule has 1 aromatic heterocycles. The minimum atomic E-state index is -0.171. The smallest absolute Gasteiger partial charge is 0.256 e. The number of carbonyl (C=O) groups excluding carboxylic acids is 2. The van der Waals surface area contributed by atoms with Gasteiger partial charge in [-0.2, -0.15) is 0 Å². The zero-order valence-electron chi connectivity index (χ0n) is 17.3. The maximum absolute atomic E-state index is 13.1. The summed E-state index contributed by atoms with van der Waals surface area (Å²) in [5.74, 6) is -0.218. The fraction of sp³-hybridized carbons (Fsp3) is 0.200. The molecule has 0 unspecified atom stereocenters. The Morgan fingerprint density at radius 3 is 2.61 bits per heavy atom. The van der Waals surface area contributed by atoms with E-state index in [0.717, 1.165) is 28.1 Å². The number of amides is 2. The predicted octanol–water partition coefficient (Wildman–Crippen LogP) is 3.96. The number of hydrogen-bond acceptors (Lipinski definition) is 3. The van der Waals surface area contributed by atoms with Gasteiger partial charge in [-0.3, -0.25) is 9.59 Å². The van der Waals surface area contributed by atoms with Crippen LogP contribution >= 0.6 is 0 Å². The van der Waals surface area contributed by atoms with Crippen LogP contribution in [0.5, 0.6) is 0 Å². The van der Waals surface area contributed by atoms with Gasteiger partial charge in [-0.05, 0) is 36.3 Å². The number of anilines is 1. The van der Waals surface area contributed by atoms with Crippen molar-refractivity contribution in [3.8, 4) is 11.1 Å². The third-order valence-corrected chi connectivity index (χ3v) is 5.71. The van der Waals surface area contributed by atoms with Crippen LogP contribution in [0.2, 0.25) is 0 Å². The maximum Gasteiger partial charge on any atom is 0.256 e. The van der Waals surface area contributed by atoms with Crippen LogP contribution in [0, 0.1) is 6.92 Å². The molecule has 6 nitrogen and oxygen atoms in total. The molecule has 6 heteroatoms. The molecule has 156 valence electrons. The number of carbonyl (C=O) groups is 2. The Labute approximate surface area is 180 Å². The molecule has 31 heavy (non-hydrogen) atoms. The topological polar surface area (TPSA) is 74.4 Å². The molecule has 2 N–H and O–H groups in total. The molecule has 2 aromatic carbocycles. The quantitative estimate of drug-likeness (QED) is 0.639. The second-order valence-corrected chi connectivity index (χ2v) is 7.79. The predicted molar refractivity (Wildman–Crippen MR) is 121 cm³/mol. The van der Waals surface area contributed by atoms with Gasteiger partial charge in [0, 0.05) is 30.0 Å². The molecule has 3 heterocycles. The molecule has 2 aliphatic rings. The lowest BCUT2D eigenvalue weighted by Crippen LogP contribution is -2.40. The number of morpholine rings is 1. The Morgan fingerprint density at radius 1 is 1.06 bits per heavy atom. The molecule has 3 aromatic rings. The molecule has 2 amide bonds. The van der Waals surface area contributed by atoms with Gasteiger partial charge < -0.3 is 19.9 Å². The number of H-pyrrole nitrogens is 1. The maximum atomic E-state index is 13.1. The summed E-state index contributed by atoms with van der Waals surface area (Å²) in [5.41, 5.74) is 6.30. The van der Waals surface area contributed by atoms with Gasteiger partial charge in [0.25, 0.3) is 11.8 Å². The summed E-state index contributed by atoms with van der Waals surface area (Å²) in [6.07, 6.45) is 1.80. The lowest BCUT2D eigenvalue weighted by molar-refractivity contribution is -0.110. The number of aromatic amines is 1. The number of hydrogen-bond donors (Lipinski definition) is 2. The van der Waals surface area contributed by atoms with Gasteiger partial charge in [0.05, 0.1) is 30.0 Å². The summed E-state index contributed by atoms with van der Waals surface area (Å²) in [6.45, 7) is 4.14. The van der Waals surface area contributed by atoms with E-state index in [4.69, 9.17) is 4.74 Å². The molecule has 0 aliphatic carbocycles. The third kappa shape index (κ3) is 3.55. The fourth-order valence-electron chi connectivity index (χ4n) is 4.23. The van der Waals surface area contributed by atoms with Crippen LogP contribution < -0.4 is 5.32 Å². The van der Waals surface area contributed by atoms with Gasteiger partial charge in [-0.15, -0.1) is 0 Å². The molecule has 0 atom stereocenters. The first-order valence-electron chi connectivity index (χ1n) is 10.4. The van der Waals surface area contributed by atoms with Crippen LogP contribution in [-0.4, -0.2) is 48.0 Å². The molecule has 2 aliphatic heterocycles. The lowest BCUT2D eigenvalue weighted by Gasteiger charge is -2.26. The Hall–Kier alpha value is -3.64. The molecule has 0 spiro atoms. The Balaban J connectivity index is 1.60. The minimum Gasteiger partial charge on any atom is -0.378 e. The van der Waals surface area contributed by atoms with Gasteiger partial charge in [0.2, 0.25) is 0 Å². The Morgan fingerprint density at radius 2 is 1.84 bits per heavy atom. The van der Waals surface area contributed by atoms with Crippen LogP contribution in [0.25, 0.3) is 22.8 Å². The lowest BCUT2D eigenvalue weighted by atomic mass is 9.94. The number of aromatic nitrogens is 1. The Bertz CT molecular complexity index is 1190. The summed E-state index contributed by atoms with van der Waals surface area (Å²) >= 11 is 0. The van der Waals surface area contributed by atoms with Crippen LogP contribution in [0.3, 0.4) is 0 Å². The van der Waals surface area contributed by atoms with E-state index in [-0.39, 0.29) is 11.8 Å². The first-order chi connectivity index (χ1) is 15.1. The van der Waals surface area contributed by atoms with E-state index in [1.807, 2.05) is 61.5 Å². The van der Waals surface area contributed by atoms with Crippen LogP contribution in [0.4, 0.5) is 5.69 Å². The first kappa shape index (κ1) is 19.3. The molecule has 0 bridgehead atoms. The van der Waals surface area contributed by atoms with Crippen molar-refractivity contribution in [2.45, 2.75) is 6.92 Å². The zero-order valence-corrected chi connectivity index (χ0v) is 17.3. The third-order valence-electron chi connectivity index (χ3n) is 5.71. The molecular weight excluding hydrogens is 390 g/mol. The number of nitrogens with zero attached hydrogens (tertiary/aromatic N) is 1. The highest BCUT2D eigenvalue weighted by Crippen LogP contribution is 2.40. The highest BCUT2D eigenvalue weighted by molar-refractivity contribution is 6.36. The second kappa shape index (κ2) is 7.89. The first-order valence-corrected chi connectivity index (χ1v) is 10.4. The SMILES string of the molecule is Cc1cc(C(=O)N2CCOCC2)c(/C=C2\C(=O)Nc3cccc(-c4ccccc4)c32)[nH]1. The van der Waals surface area contributed by atoms with E-state index < -0.39 is 0 Å². The van der Waals surface area contributed by atoms with Crippen molar-refractivity contribution in [2.24, 2.45) is 0 Å². The van der Waals surface area contributed by atoms with Gasteiger partial charge in [0.15, 0.2) is 0 Å². The van der Waals surface area contributed by atoms with E-state index in [9.17, 15) is 9.59 Å². The monoisotopic (exact) mass is 413 g/mol. The van der Waals surface area contributed by atoms with Crippen molar-refractivity contribution >= 4 is 29.2 Å². The van der Waals surface area contributed by atoms with Gasteiger partial charge >= 0.3 is 0 Å². The number of ether oxygens (including phenoxy) is 1. The summed E-state index contributed by atoms with van der Waals surface area (Å²) in [4.78, 5) is 31.1. The minimum absolute atomic E-state index is 0.0468. The highest BCUT2D eigenvalue weighted by Gasteiger charge is 2.29. The van der Waals surface area contributed by atoms with E-state index in [0.29, 0.717) is 43.1 Å².